The Morgan fingerprint density at radius 3 is 2.70 bits per heavy atom. The lowest BCUT2D eigenvalue weighted by molar-refractivity contribution is -0.139. The summed E-state index contributed by atoms with van der Waals surface area (Å²) in [4.78, 5) is 25.4. The first-order valence-corrected chi connectivity index (χ1v) is 8.76. The second kappa shape index (κ2) is 8.36. The Bertz CT molecular complexity index is 537. The molecule has 0 spiro atoms. The Labute approximate surface area is 141 Å². The van der Waals surface area contributed by atoms with Crippen molar-refractivity contribution in [2.24, 2.45) is 0 Å². The molecule has 1 amide bonds. The zero-order valence-corrected chi connectivity index (χ0v) is 14.3. The number of carboxylic acids is 1. The molecule has 0 aromatic heterocycles. The number of carbonyl (C=O) groups is 2. The van der Waals surface area contributed by atoms with Crippen molar-refractivity contribution in [3.05, 3.63) is 35.9 Å². The van der Waals surface area contributed by atoms with E-state index in [4.69, 9.17) is 9.84 Å². The second-order valence-corrected chi connectivity index (χ2v) is 7.10. The summed E-state index contributed by atoms with van der Waals surface area (Å²) in [6.45, 7) is 2.36. The normalized spacial score (nSPS) is 22.1. The minimum Gasteiger partial charge on any atom is -0.481 e. The molecule has 1 aromatic carbocycles. The van der Waals surface area contributed by atoms with Crippen LogP contribution in [0.1, 0.15) is 25.3 Å². The number of likely N-dealkylation sites (tertiary alicyclic amines) is 1. The van der Waals surface area contributed by atoms with Crippen LogP contribution in [-0.4, -0.2) is 52.9 Å². The van der Waals surface area contributed by atoms with E-state index in [1.807, 2.05) is 37.3 Å². The van der Waals surface area contributed by atoms with Gasteiger partial charge in [-0.05, 0) is 18.9 Å². The standard InChI is InChI=1S/C17H23NO4S/c1-12(23-11-13-6-4-3-5-7-13)17(21)18-10-15(22-2)8-14(18)9-16(19)20/h3-7,12,14-15H,8-11H2,1-2H3,(H,19,20). The number of thioether (sulfide) groups is 1. The van der Waals surface area contributed by atoms with Crippen molar-refractivity contribution < 1.29 is 19.4 Å². The molecule has 6 heteroatoms. The quantitative estimate of drug-likeness (QED) is 0.827. The average molecular weight is 337 g/mol. The molecule has 1 N–H and O–H groups in total. The molecule has 1 saturated heterocycles. The molecule has 1 aliphatic heterocycles. The molecule has 0 bridgehead atoms. The third-order valence-electron chi connectivity index (χ3n) is 4.09. The molecule has 1 aliphatic rings. The lowest BCUT2D eigenvalue weighted by Gasteiger charge is -2.26. The van der Waals surface area contributed by atoms with E-state index in [2.05, 4.69) is 0 Å². The second-order valence-electron chi connectivity index (χ2n) is 5.77. The Hall–Kier alpha value is -1.53. The van der Waals surface area contributed by atoms with E-state index in [1.165, 1.54) is 5.56 Å². The Morgan fingerprint density at radius 2 is 2.09 bits per heavy atom. The van der Waals surface area contributed by atoms with Gasteiger partial charge in [0.25, 0.3) is 0 Å². The summed E-state index contributed by atoms with van der Waals surface area (Å²) in [7, 11) is 1.60. The van der Waals surface area contributed by atoms with Crippen LogP contribution in [0.15, 0.2) is 30.3 Å². The summed E-state index contributed by atoms with van der Waals surface area (Å²) in [6.07, 6.45) is 0.487. The van der Waals surface area contributed by atoms with Crippen LogP contribution in [0.3, 0.4) is 0 Å². The van der Waals surface area contributed by atoms with Crippen molar-refractivity contribution in [3.8, 4) is 0 Å². The Kier molecular flexibility index (Phi) is 6.47. The van der Waals surface area contributed by atoms with E-state index in [0.717, 1.165) is 5.75 Å². The fraction of sp³-hybridized carbons (Fsp3) is 0.529. The van der Waals surface area contributed by atoms with Crippen LogP contribution in [-0.2, 0) is 20.1 Å². The maximum Gasteiger partial charge on any atom is 0.305 e. The van der Waals surface area contributed by atoms with Crippen LogP contribution in [0.25, 0.3) is 0 Å². The third kappa shape index (κ3) is 4.97. The van der Waals surface area contributed by atoms with Crippen molar-refractivity contribution in [1.82, 2.24) is 4.90 Å². The van der Waals surface area contributed by atoms with Gasteiger partial charge in [0.2, 0.25) is 5.91 Å². The lowest BCUT2D eigenvalue weighted by atomic mass is 10.1. The van der Waals surface area contributed by atoms with Gasteiger partial charge in [-0.2, -0.15) is 0 Å². The number of amides is 1. The molecule has 1 heterocycles. The molecule has 0 radical (unpaired) electrons. The van der Waals surface area contributed by atoms with Crippen LogP contribution in [0, 0.1) is 0 Å². The van der Waals surface area contributed by atoms with Gasteiger partial charge in [0.15, 0.2) is 0 Å². The molecule has 126 valence electrons. The van der Waals surface area contributed by atoms with E-state index >= 15 is 0 Å². The number of ether oxygens (including phenoxy) is 1. The topological polar surface area (TPSA) is 66.8 Å². The maximum absolute atomic E-state index is 12.7. The average Bonchev–Trinajstić information content (AvgIpc) is 2.95. The van der Waals surface area contributed by atoms with Crippen LogP contribution in [0.5, 0.6) is 0 Å². The lowest BCUT2D eigenvalue weighted by Crippen LogP contribution is -2.41. The minimum absolute atomic E-state index is 0.00303. The van der Waals surface area contributed by atoms with E-state index in [9.17, 15) is 9.59 Å². The smallest absolute Gasteiger partial charge is 0.305 e. The molecule has 0 saturated carbocycles. The van der Waals surface area contributed by atoms with Crippen molar-refractivity contribution in [3.63, 3.8) is 0 Å². The number of aliphatic carboxylic acids is 1. The number of nitrogens with zero attached hydrogens (tertiary/aromatic N) is 1. The maximum atomic E-state index is 12.7. The van der Waals surface area contributed by atoms with E-state index in [1.54, 1.807) is 23.8 Å². The van der Waals surface area contributed by atoms with Crippen molar-refractivity contribution in [2.75, 3.05) is 13.7 Å². The molecule has 2 rings (SSSR count). The molecular weight excluding hydrogens is 314 g/mol. The number of methoxy groups -OCH3 is 1. The predicted molar refractivity (Wildman–Crippen MR) is 90.4 cm³/mol. The largest absolute Gasteiger partial charge is 0.481 e. The molecule has 1 aromatic rings. The van der Waals surface area contributed by atoms with Gasteiger partial charge in [-0.1, -0.05) is 30.3 Å². The van der Waals surface area contributed by atoms with Crippen LogP contribution >= 0.6 is 11.8 Å². The Morgan fingerprint density at radius 1 is 1.39 bits per heavy atom. The first kappa shape index (κ1) is 17.8. The predicted octanol–water partition coefficient (Wildman–Crippen LogP) is 2.40. The highest BCUT2D eigenvalue weighted by atomic mass is 32.2. The molecule has 1 fully saturated rings. The molecule has 5 nitrogen and oxygen atoms in total. The van der Waals surface area contributed by atoms with Gasteiger partial charge < -0.3 is 14.7 Å². The number of carboxylic acid groups (broad SMARTS) is 1. The number of rotatable bonds is 7. The molecule has 3 atom stereocenters. The summed E-state index contributed by atoms with van der Waals surface area (Å²) in [5, 5.41) is 8.83. The number of benzene rings is 1. The first-order valence-electron chi connectivity index (χ1n) is 7.72. The van der Waals surface area contributed by atoms with Gasteiger partial charge in [-0.25, -0.2) is 0 Å². The zero-order valence-electron chi connectivity index (χ0n) is 13.5. The van der Waals surface area contributed by atoms with E-state index in [0.29, 0.717) is 13.0 Å². The molecule has 23 heavy (non-hydrogen) atoms. The fourth-order valence-corrected chi connectivity index (χ4v) is 3.72. The van der Waals surface area contributed by atoms with Crippen LogP contribution < -0.4 is 0 Å². The van der Waals surface area contributed by atoms with Gasteiger partial charge in [0, 0.05) is 25.4 Å². The molecular formula is C17H23NO4S. The summed E-state index contributed by atoms with van der Waals surface area (Å²) in [5.74, 6) is -0.121. The van der Waals surface area contributed by atoms with Gasteiger partial charge in [0.05, 0.1) is 17.8 Å². The molecule has 0 aliphatic carbocycles. The monoisotopic (exact) mass is 337 g/mol. The number of hydrogen-bond acceptors (Lipinski definition) is 4. The highest BCUT2D eigenvalue weighted by Crippen LogP contribution is 2.27. The van der Waals surface area contributed by atoms with Gasteiger partial charge in [-0.15, -0.1) is 11.8 Å². The molecule has 3 unspecified atom stereocenters. The van der Waals surface area contributed by atoms with E-state index < -0.39 is 5.97 Å². The minimum atomic E-state index is -0.880. The van der Waals surface area contributed by atoms with Crippen molar-refractivity contribution in [2.45, 2.75) is 42.9 Å². The van der Waals surface area contributed by atoms with Gasteiger partial charge in [0.1, 0.15) is 0 Å². The first-order chi connectivity index (χ1) is 11.0. The van der Waals surface area contributed by atoms with Crippen molar-refractivity contribution >= 4 is 23.6 Å². The van der Waals surface area contributed by atoms with Crippen LogP contribution in [0.4, 0.5) is 0 Å². The number of carbonyl (C=O) groups excluding carboxylic acids is 1. The van der Waals surface area contributed by atoms with Crippen molar-refractivity contribution in [1.29, 1.82) is 0 Å². The fourth-order valence-electron chi connectivity index (χ4n) is 2.81. The highest BCUT2D eigenvalue weighted by molar-refractivity contribution is 7.99. The SMILES string of the molecule is COC1CC(CC(=O)O)N(C(=O)C(C)SCc2ccccc2)C1. The van der Waals surface area contributed by atoms with Gasteiger partial charge >= 0.3 is 5.97 Å². The summed E-state index contributed by atoms with van der Waals surface area (Å²) in [5.41, 5.74) is 1.18. The Balaban J connectivity index is 1.94. The van der Waals surface area contributed by atoms with E-state index in [-0.39, 0.29) is 29.7 Å². The highest BCUT2D eigenvalue weighted by Gasteiger charge is 2.38. The summed E-state index contributed by atoms with van der Waals surface area (Å²) >= 11 is 1.57. The van der Waals surface area contributed by atoms with Crippen LogP contribution in [0.2, 0.25) is 0 Å². The third-order valence-corrected chi connectivity index (χ3v) is 5.29. The van der Waals surface area contributed by atoms with Gasteiger partial charge in [-0.3, -0.25) is 9.59 Å². The number of hydrogen-bond donors (Lipinski definition) is 1. The zero-order chi connectivity index (χ0) is 16.8. The summed E-state index contributed by atoms with van der Waals surface area (Å²) in [6, 6.07) is 9.73. The summed E-state index contributed by atoms with van der Waals surface area (Å²) < 4.78 is 5.32.